The van der Waals surface area contributed by atoms with E-state index in [4.69, 9.17) is 10.2 Å². The first-order valence-electron chi connectivity index (χ1n) is 4.12. The molecule has 0 spiro atoms. The molecular weight excluding hydrogens is 170 g/mol. The molecule has 76 valence electrons. The Kier molecular flexibility index (Phi) is 4.66. The molecule has 0 aromatic rings. The molecule has 0 aliphatic rings. The van der Waals surface area contributed by atoms with Gasteiger partial charge in [-0.2, -0.15) is 0 Å². The number of carboxylic acid groups (broad SMARTS) is 1. The van der Waals surface area contributed by atoms with Gasteiger partial charge >= 0.3 is 5.97 Å². The van der Waals surface area contributed by atoms with Crippen molar-refractivity contribution in [3.05, 3.63) is 12.2 Å². The van der Waals surface area contributed by atoms with Crippen molar-refractivity contribution in [2.75, 3.05) is 19.7 Å². The molecule has 0 amide bonds. The molecule has 0 aromatic heterocycles. The second-order valence-corrected chi connectivity index (χ2v) is 3.83. The second kappa shape index (κ2) is 4.99. The SMILES string of the molecule is C=C(CNCC(C)(C)CO)C(=O)O. The van der Waals surface area contributed by atoms with E-state index in [0.717, 1.165) is 0 Å². The molecular formula is C9H17NO3. The van der Waals surface area contributed by atoms with E-state index < -0.39 is 5.97 Å². The van der Waals surface area contributed by atoms with Gasteiger partial charge in [-0.15, -0.1) is 0 Å². The molecule has 0 heterocycles. The highest BCUT2D eigenvalue weighted by molar-refractivity contribution is 5.86. The Bertz CT molecular complexity index is 199. The number of aliphatic hydroxyl groups excluding tert-OH is 1. The van der Waals surface area contributed by atoms with E-state index in [2.05, 4.69) is 11.9 Å². The van der Waals surface area contributed by atoms with E-state index in [0.29, 0.717) is 6.54 Å². The van der Waals surface area contributed by atoms with Crippen molar-refractivity contribution in [1.29, 1.82) is 0 Å². The number of aliphatic hydroxyl groups is 1. The van der Waals surface area contributed by atoms with Gasteiger partial charge in [0, 0.05) is 30.7 Å². The zero-order valence-electron chi connectivity index (χ0n) is 8.13. The largest absolute Gasteiger partial charge is 0.478 e. The van der Waals surface area contributed by atoms with Crippen molar-refractivity contribution >= 4 is 5.97 Å². The standard InChI is InChI=1S/C9H17NO3/c1-7(8(12)13)4-10-5-9(2,3)6-11/h10-11H,1,4-6H2,2-3H3,(H,12,13). The lowest BCUT2D eigenvalue weighted by Crippen LogP contribution is -2.34. The van der Waals surface area contributed by atoms with Gasteiger partial charge in [-0.25, -0.2) is 4.79 Å². The number of aliphatic carboxylic acids is 1. The summed E-state index contributed by atoms with van der Waals surface area (Å²) >= 11 is 0. The van der Waals surface area contributed by atoms with Crippen molar-refractivity contribution in [3.8, 4) is 0 Å². The van der Waals surface area contributed by atoms with E-state index >= 15 is 0 Å². The molecule has 0 saturated heterocycles. The van der Waals surface area contributed by atoms with E-state index in [9.17, 15) is 4.79 Å². The maximum atomic E-state index is 10.3. The van der Waals surface area contributed by atoms with E-state index in [-0.39, 0.29) is 24.1 Å². The fourth-order valence-electron chi connectivity index (χ4n) is 0.683. The van der Waals surface area contributed by atoms with E-state index in [1.807, 2.05) is 13.8 Å². The molecule has 0 unspecified atom stereocenters. The summed E-state index contributed by atoms with van der Waals surface area (Å²) in [5.41, 5.74) is -0.0903. The van der Waals surface area contributed by atoms with Gasteiger partial charge in [0.1, 0.15) is 0 Å². The van der Waals surface area contributed by atoms with E-state index in [1.54, 1.807) is 0 Å². The summed E-state index contributed by atoms with van der Waals surface area (Å²) in [4.78, 5) is 10.3. The molecule has 0 saturated carbocycles. The highest BCUT2D eigenvalue weighted by Gasteiger charge is 2.15. The molecule has 0 aromatic carbocycles. The van der Waals surface area contributed by atoms with Crippen LogP contribution in [0.25, 0.3) is 0 Å². The van der Waals surface area contributed by atoms with Crippen LogP contribution in [0.5, 0.6) is 0 Å². The monoisotopic (exact) mass is 187 g/mol. The van der Waals surface area contributed by atoms with Crippen LogP contribution in [0, 0.1) is 5.41 Å². The number of hydrogen-bond donors (Lipinski definition) is 3. The second-order valence-electron chi connectivity index (χ2n) is 3.83. The van der Waals surface area contributed by atoms with Crippen molar-refractivity contribution in [1.82, 2.24) is 5.32 Å². The Labute approximate surface area is 78.3 Å². The van der Waals surface area contributed by atoms with Gasteiger partial charge in [-0.3, -0.25) is 0 Å². The lowest BCUT2D eigenvalue weighted by atomic mass is 9.95. The predicted molar refractivity (Wildman–Crippen MR) is 50.5 cm³/mol. The van der Waals surface area contributed by atoms with Gasteiger partial charge in [0.2, 0.25) is 0 Å². The Balaban J connectivity index is 3.68. The van der Waals surface area contributed by atoms with Gasteiger partial charge < -0.3 is 15.5 Å². The van der Waals surface area contributed by atoms with Gasteiger partial charge in [0.25, 0.3) is 0 Å². The summed E-state index contributed by atoms with van der Waals surface area (Å²) in [5.74, 6) is -0.991. The van der Waals surface area contributed by atoms with Crippen LogP contribution in [-0.2, 0) is 4.79 Å². The summed E-state index contributed by atoms with van der Waals surface area (Å²) in [5, 5.41) is 20.3. The van der Waals surface area contributed by atoms with Gasteiger partial charge in [-0.1, -0.05) is 20.4 Å². The van der Waals surface area contributed by atoms with Crippen LogP contribution in [0.3, 0.4) is 0 Å². The van der Waals surface area contributed by atoms with Crippen LogP contribution in [-0.4, -0.2) is 35.9 Å². The number of rotatable bonds is 6. The zero-order chi connectivity index (χ0) is 10.5. The molecule has 0 fully saturated rings. The minimum Gasteiger partial charge on any atom is -0.478 e. The topological polar surface area (TPSA) is 69.6 Å². The van der Waals surface area contributed by atoms with Gasteiger partial charge in [0.05, 0.1) is 0 Å². The minimum atomic E-state index is -0.991. The number of carboxylic acids is 1. The Morgan fingerprint density at radius 1 is 1.54 bits per heavy atom. The van der Waals surface area contributed by atoms with Crippen LogP contribution < -0.4 is 5.32 Å². The average molecular weight is 187 g/mol. The molecule has 3 N–H and O–H groups in total. The smallest absolute Gasteiger partial charge is 0.332 e. The zero-order valence-corrected chi connectivity index (χ0v) is 8.13. The quantitative estimate of drug-likeness (QED) is 0.521. The van der Waals surface area contributed by atoms with Gasteiger partial charge in [-0.05, 0) is 0 Å². The molecule has 0 aliphatic heterocycles. The van der Waals surface area contributed by atoms with E-state index in [1.165, 1.54) is 0 Å². The highest BCUT2D eigenvalue weighted by Crippen LogP contribution is 2.10. The molecule has 0 atom stereocenters. The van der Waals surface area contributed by atoms with Crippen LogP contribution in [0.15, 0.2) is 12.2 Å². The first-order chi connectivity index (χ1) is 5.89. The Morgan fingerprint density at radius 3 is 2.46 bits per heavy atom. The molecule has 0 bridgehead atoms. The average Bonchev–Trinajstić information content (AvgIpc) is 2.04. The fraction of sp³-hybridized carbons (Fsp3) is 0.667. The lowest BCUT2D eigenvalue weighted by molar-refractivity contribution is -0.132. The first kappa shape index (κ1) is 12.1. The lowest BCUT2D eigenvalue weighted by Gasteiger charge is -2.21. The van der Waals surface area contributed by atoms with Crippen molar-refractivity contribution in [3.63, 3.8) is 0 Å². The maximum absolute atomic E-state index is 10.3. The molecule has 0 rings (SSSR count). The van der Waals surface area contributed by atoms with Gasteiger partial charge in [0.15, 0.2) is 0 Å². The molecule has 0 radical (unpaired) electrons. The fourth-order valence-corrected chi connectivity index (χ4v) is 0.683. The Morgan fingerprint density at radius 2 is 2.08 bits per heavy atom. The minimum absolute atomic E-state index is 0.0690. The van der Waals surface area contributed by atoms with Crippen LogP contribution in [0.4, 0.5) is 0 Å². The normalized spacial score (nSPS) is 11.3. The maximum Gasteiger partial charge on any atom is 0.332 e. The number of hydrogen-bond acceptors (Lipinski definition) is 3. The third-order valence-electron chi connectivity index (χ3n) is 1.67. The predicted octanol–water partition coefficient (Wildman–Crippen LogP) is 0.235. The van der Waals surface area contributed by atoms with Crippen molar-refractivity contribution in [2.24, 2.45) is 5.41 Å². The third kappa shape index (κ3) is 5.38. The third-order valence-corrected chi connectivity index (χ3v) is 1.67. The first-order valence-corrected chi connectivity index (χ1v) is 4.12. The summed E-state index contributed by atoms with van der Waals surface area (Å²) in [6.45, 7) is 8.04. The summed E-state index contributed by atoms with van der Waals surface area (Å²) in [7, 11) is 0. The molecule has 4 nitrogen and oxygen atoms in total. The highest BCUT2D eigenvalue weighted by atomic mass is 16.4. The summed E-state index contributed by atoms with van der Waals surface area (Å²) in [6, 6.07) is 0. The number of nitrogens with one attached hydrogen (secondary N) is 1. The molecule has 0 aliphatic carbocycles. The molecule has 13 heavy (non-hydrogen) atoms. The van der Waals surface area contributed by atoms with Crippen LogP contribution in [0.1, 0.15) is 13.8 Å². The van der Waals surface area contributed by atoms with Crippen molar-refractivity contribution < 1.29 is 15.0 Å². The van der Waals surface area contributed by atoms with Crippen LogP contribution in [0.2, 0.25) is 0 Å². The van der Waals surface area contributed by atoms with Crippen molar-refractivity contribution in [2.45, 2.75) is 13.8 Å². The number of carbonyl (C=O) groups is 1. The molecule has 4 heteroatoms. The Hall–Kier alpha value is -0.870. The van der Waals surface area contributed by atoms with Crippen LogP contribution >= 0.6 is 0 Å². The summed E-state index contributed by atoms with van der Waals surface area (Å²) < 4.78 is 0. The summed E-state index contributed by atoms with van der Waals surface area (Å²) in [6.07, 6.45) is 0.